The van der Waals surface area contributed by atoms with Crippen LogP contribution in [-0.2, 0) is 9.59 Å². The van der Waals surface area contributed by atoms with Crippen molar-refractivity contribution in [3.05, 3.63) is 12.2 Å². The average Bonchev–Trinajstić information content (AvgIpc) is 2.57. The molecule has 2 spiro atoms. The van der Waals surface area contributed by atoms with Crippen LogP contribution in [0.25, 0.3) is 0 Å². The summed E-state index contributed by atoms with van der Waals surface area (Å²) in [5.74, 6) is 1.89. The summed E-state index contributed by atoms with van der Waals surface area (Å²) in [6.45, 7) is 7.64. The number of allylic oxidation sites excluding steroid dienone is 1. The van der Waals surface area contributed by atoms with Gasteiger partial charge in [0.25, 0.3) is 0 Å². The van der Waals surface area contributed by atoms with Crippen molar-refractivity contribution in [2.24, 2.45) is 39.9 Å². The fourth-order valence-corrected chi connectivity index (χ4v) is 9.57. The largest absolute Gasteiger partial charge is 0.302 e. The van der Waals surface area contributed by atoms with Crippen LogP contribution in [0.1, 0.15) is 45.4 Å². The van der Waals surface area contributed by atoms with E-state index in [1.54, 1.807) is 0 Å². The molecule has 128 valence electrons. The van der Waals surface area contributed by atoms with Gasteiger partial charge in [-0.2, -0.15) is 0 Å². The highest BCUT2D eigenvalue weighted by Gasteiger charge is 2.83. The topological polar surface area (TPSA) is 37.4 Å². The van der Waals surface area contributed by atoms with E-state index in [-0.39, 0.29) is 34.0 Å². The monoisotopic (exact) mass is 325 g/mol. The molecule has 6 saturated carbocycles. The molecule has 7 aliphatic rings. The molecule has 1 heterocycles. The first-order chi connectivity index (χ1) is 11.4. The number of likely N-dealkylation sites (tertiary alicyclic amines) is 1. The van der Waals surface area contributed by atoms with Crippen LogP contribution in [-0.4, -0.2) is 36.1 Å². The van der Waals surface area contributed by atoms with E-state index in [0.29, 0.717) is 29.9 Å². The van der Waals surface area contributed by atoms with Crippen LogP contribution in [0.4, 0.5) is 0 Å². The number of carbonyl (C=O) groups is 2. The summed E-state index contributed by atoms with van der Waals surface area (Å²) >= 11 is 0. The van der Waals surface area contributed by atoms with Crippen LogP contribution in [0.5, 0.6) is 0 Å². The van der Waals surface area contributed by atoms with Gasteiger partial charge in [-0.05, 0) is 49.5 Å². The lowest BCUT2D eigenvalue weighted by Crippen LogP contribution is -2.69. The molecule has 8 atom stereocenters. The third-order valence-electron chi connectivity index (χ3n) is 9.45. The zero-order chi connectivity index (χ0) is 16.6. The predicted molar refractivity (Wildman–Crippen MR) is 90.2 cm³/mol. The lowest BCUT2D eigenvalue weighted by atomic mass is 9.39. The van der Waals surface area contributed by atoms with E-state index in [1.165, 1.54) is 6.42 Å². The van der Waals surface area contributed by atoms with Crippen molar-refractivity contribution in [3.63, 3.8) is 0 Å². The maximum Gasteiger partial charge on any atom is 0.144 e. The third-order valence-corrected chi connectivity index (χ3v) is 9.45. The van der Waals surface area contributed by atoms with E-state index in [0.717, 1.165) is 37.8 Å². The molecule has 1 saturated heterocycles. The van der Waals surface area contributed by atoms with E-state index in [2.05, 4.69) is 25.5 Å². The minimum atomic E-state index is -0.0714. The van der Waals surface area contributed by atoms with E-state index in [1.807, 2.05) is 0 Å². The van der Waals surface area contributed by atoms with Crippen molar-refractivity contribution in [2.75, 3.05) is 13.6 Å². The van der Waals surface area contributed by atoms with Gasteiger partial charge in [0, 0.05) is 42.2 Å². The summed E-state index contributed by atoms with van der Waals surface area (Å²) < 4.78 is 0. The lowest BCUT2D eigenvalue weighted by molar-refractivity contribution is -0.186. The maximum atomic E-state index is 13.5. The Morgan fingerprint density at radius 1 is 1.17 bits per heavy atom. The van der Waals surface area contributed by atoms with Crippen molar-refractivity contribution >= 4 is 11.6 Å². The van der Waals surface area contributed by atoms with Gasteiger partial charge in [-0.3, -0.25) is 9.59 Å². The van der Waals surface area contributed by atoms with Crippen molar-refractivity contribution < 1.29 is 9.59 Å². The van der Waals surface area contributed by atoms with Crippen molar-refractivity contribution in [2.45, 2.75) is 51.5 Å². The second-order valence-corrected chi connectivity index (χ2v) is 10.4. The van der Waals surface area contributed by atoms with Crippen LogP contribution in [0.2, 0.25) is 0 Å². The molecule has 0 aromatic carbocycles. The van der Waals surface area contributed by atoms with E-state index in [4.69, 9.17) is 0 Å². The molecule has 1 aliphatic heterocycles. The summed E-state index contributed by atoms with van der Waals surface area (Å²) in [7, 11) is 2.27. The summed E-state index contributed by atoms with van der Waals surface area (Å²) in [5.41, 5.74) is 1.09. The van der Waals surface area contributed by atoms with Gasteiger partial charge in [-0.1, -0.05) is 25.5 Å². The number of fused-ring (bicyclic) bond motifs is 1. The fourth-order valence-electron chi connectivity index (χ4n) is 9.57. The van der Waals surface area contributed by atoms with Crippen LogP contribution >= 0.6 is 0 Å². The van der Waals surface area contributed by atoms with Crippen LogP contribution in [0.15, 0.2) is 12.2 Å². The Bertz CT molecular complexity index is 727. The SMILES string of the molecule is C=C1CC23CC(=O)[C@@H]4[C@@]5(C)CCC[C@]46[C@H]([C@H]2C[C@@H]1C(=O)[C@H]36)N(C)C5. The molecule has 0 radical (unpaired) electrons. The smallest absolute Gasteiger partial charge is 0.144 e. The van der Waals surface area contributed by atoms with Gasteiger partial charge in [0.05, 0.1) is 0 Å². The van der Waals surface area contributed by atoms with Crippen LogP contribution in [0, 0.1) is 39.9 Å². The number of hydrogen-bond acceptors (Lipinski definition) is 3. The molecular weight excluding hydrogens is 298 g/mol. The van der Waals surface area contributed by atoms with Gasteiger partial charge in [0.15, 0.2) is 0 Å². The normalized spacial score (nSPS) is 60.8. The summed E-state index contributed by atoms with van der Waals surface area (Å²) in [6.07, 6.45) is 6.02. The lowest BCUT2D eigenvalue weighted by Gasteiger charge is -2.65. The molecule has 24 heavy (non-hydrogen) atoms. The molecule has 1 unspecified atom stereocenters. The van der Waals surface area contributed by atoms with Crippen molar-refractivity contribution in [1.82, 2.24) is 4.90 Å². The Morgan fingerprint density at radius 3 is 2.75 bits per heavy atom. The summed E-state index contributed by atoms with van der Waals surface area (Å²) in [4.78, 5) is 29.5. The minimum absolute atomic E-state index is 0.0491. The minimum Gasteiger partial charge on any atom is -0.302 e. The maximum absolute atomic E-state index is 13.5. The number of piperidine rings is 1. The molecule has 7 rings (SSSR count). The second kappa shape index (κ2) is 3.75. The first kappa shape index (κ1) is 14.2. The molecule has 0 aromatic heterocycles. The zero-order valence-electron chi connectivity index (χ0n) is 14.8. The van der Waals surface area contributed by atoms with Gasteiger partial charge in [-0.15, -0.1) is 0 Å². The summed E-state index contributed by atoms with van der Waals surface area (Å²) in [5, 5.41) is 0. The molecule has 6 aliphatic carbocycles. The number of rotatable bonds is 0. The number of hydrogen-bond donors (Lipinski definition) is 0. The molecule has 0 amide bonds. The van der Waals surface area contributed by atoms with E-state index >= 15 is 0 Å². The van der Waals surface area contributed by atoms with Crippen LogP contribution < -0.4 is 0 Å². The molecule has 3 nitrogen and oxygen atoms in total. The third kappa shape index (κ3) is 1.14. The standard InChI is InChI=1S/C21H27NO2/c1-11-8-20-9-14(23)16-19(2)5-4-6-21(16)17(20)15(24)12(11)7-13(20)18(21)22(3)10-19/h12-13,16-18H,1,4-10H2,2-3H3/t12-,13+,16+,17+,18-,19-,20?,21-/m0/s1. The van der Waals surface area contributed by atoms with Crippen LogP contribution in [0.3, 0.4) is 0 Å². The Balaban J connectivity index is 1.68. The Morgan fingerprint density at radius 2 is 1.96 bits per heavy atom. The van der Waals surface area contributed by atoms with Gasteiger partial charge in [-0.25, -0.2) is 0 Å². The Kier molecular flexibility index (Phi) is 2.22. The predicted octanol–water partition coefficient (Wildman–Crippen LogP) is 2.85. The fraction of sp³-hybridized carbons (Fsp3) is 0.810. The van der Waals surface area contributed by atoms with Crippen molar-refractivity contribution in [1.29, 1.82) is 0 Å². The highest BCUT2D eigenvalue weighted by atomic mass is 16.1. The number of carbonyl (C=O) groups excluding carboxylic acids is 2. The van der Waals surface area contributed by atoms with E-state index < -0.39 is 0 Å². The molecule has 7 fully saturated rings. The molecule has 6 bridgehead atoms. The van der Waals surface area contributed by atoms with E-state index in [9.17, 15) is 9.59 Å². The molecule has 0 aromatic rings. The van der Waals surface area contributed by atoms with Gasteiger partial charge < -0.3 is 4.90 Å². The van der Waals surface area contributed by atoms with Gasteiger partial charge in [0.2, 0.25) is 0 Å². The highest BCUT2D eigenvalue weighted by molar-refractivity contribution is 5.97. The van der Waals surface area contributed by atoms with Gasteiger partial charge >= 0.3 is 0 Å². The average molecular weight is 325 g/mol. The highest BCUT2D eigenvalue weighted by Crippen LogP contribution is 2.81. The Hall–Kier alpha value is -0.960. The second-order valence-electron chi connectivity index (χ2n) is 10.4. The zero-order valence-corrected chi connectivity index (χ0v) is 14.8. The Labute approximate surface area is 143 Å². The molecule has 3 heteroatoms. The quantitative estimate of drug-likeness (QED) is 0.643. The number of Topliss-reactive ketones (excluding diaryl/α,β-unsaturated/α-hetero) is 2. The first-order valence-electron chi connectivity index (χ1n) is 9.79. The summed E-state index contributed by atoms with van der Waals surface area (Å²) in [6, 6.07) is 0.453. The number of ketones is 2. The molecular formula is C21H27NO2. The number of nitrogens with zero attached hydrogens (tertiary/aromatic N) is 1. The van der Waals surface area contributed by atoms with Gasteiger partial charge in [0.1, 0.15) is 11.6 Å². The first-order valence-corrected chi connectivity index (χ1v) is 9.79. The van der Waals surface area contributed by atoms with Crippen molar-refractivity contribution in [3.8, 4) is 0 Å². The molecule has 0 N–H and O–H groups in total.